The van der Waals surface area contributed by atoms with Crippen LogP contribution in [0.4, 0.5) is 0 Å². The monoisotopic (exact) mass is 425 g/mol. The Balaban J connectivity index is 2.12. The number of rotatable bonds is 11. The molecule has 0 spiro atoms. The number of carbonyl (C=O) groups excluding carboxylic acids is 2. The van der Waals surface area contributed by atoms with E-state index in [1.54, 1.807) is 0 Å². The van der Waals surface area contributed by atoms with Crippen LogP contribution in [-0.4, -0.2) is 41.0 Å². The van der Waals surface area contributed by atoms with Crippen LogP contribution in [0.5, 0.6) is 0 Å². The number of nitrogens with two attached hydrogens (primary N) is 1. The van der Waals surface area contributed by atoms with E-state index in [-0.39, 0.29) is 12.3 Å². The minimum Gasteiger partial charge on any atom is -0.480 e. The number of carboxylic acids is 1. The molecule has 2 aromatic carbocycles. The highest BCUT2D eigenvalue weighted by molar-refractivity contribution is 5.92. The number of carboxylic acid groups (broad SMARTS) is 1. The molecule has 0 aromatic heterocycles. The van der Waals surface area contributed by atoms with E-state index in [2.05, 4.69) is 10.6 Å². The van der Waals surface area contributed by atoms with E-state index in [1.165, 1.54) is 0 Å². The van der Waals surface area contributed by atoms with Crippen LogP contribution in [0.3, 0.4) is 0 Å². The van der Waals surface area contributed by atoms with E-state index >= 15 is 0 Å². The lowest BCUT2D eigenvalue weighted by Crippen LogP contribution is -2.55. The van der Waals surface area contributed by atoms with Crippen LogP contribution in [0.1, 0.15) is 31.4 Å². The molecular weight excluding hydrogens is 394 g/mol. The van der Waals surface area contributed by atoms with Crippen LogP contribution in [0.2, 0.25) is 0 Å². The fourth-order valence-corrected chi connectivity index (χ4v) is 3.26. The molecule has 0 aliphatic carbocycles. The van der Waals surface area contributed by atoms with Crippen molar-refractivity contribution in [3.63, 3.8) is 0 Å². The highest BCUT2D eigenvalue weighted by Crippen LogP contribution is 2.09. The summed E-state index contributed by atoms with van der Waals surface area (Å²) < 4.78 is 0. The Morgan fingerprint density at radius 2 is 1.29 bits per heavy atom. The zero-order valence-electron chi connectivity index (χ0n) is 18.0. The first-order valence-corrected chi connectivity index (χ1v) is 10.4. The summed E-state index contributed by atoms with van der Waals surface area (Å²) in [5, 5.41) is 14.7. The number of hydrogen-bond acceptors (Lipinski definition) is 4. The molecule has 7 nitrogen and oxygen atoms in total. The predicted octanol–water partition coefficient (Wildman–Crippen LogP) is 1.90. The smallest absolute Gasteiger partial charge is 0.326 e. The Bertz CT molecular complexity index is 856. The summed E-state index contributed by atoms with van der Waals surface area (Å²) >= 11 is 0. The van der Waals surface area contributed by atoms with Crippen LogP contribution in [0, 0.1) is 5.92 Å². The lowest BCUT2D eigenvalue weighted by molar-refractivity contribution is -0.142. The zero-order chi connectivity index (χ0) is 22.8. The highest BCUT2D eigenvalue weighted by Gasteiger charge is 2.28. The largest absolute Gasteiger partial charge is 0.480 e. The van der Waals surface area contributed by atoms with Crippen molar-refractivity contribution in [3.05, 3.63) is 71.8 Å². The summed E-state index contributed by atoms with van der Waals surface area (Å²) in [5.74, 6) is -2.02. The van der Waals surface area contributed by atoms with E-state index in [0.29, 0.717) is 12.8 Å². The molecule has 166 valence electrons. The average molecular weight is 426 g/mol. The van der Waals surface area contributed by atoms with Gasteiger partial charge in [-0.15, -0.1) is 0 Å². The van der Waals surface area contributed by atoms with Crippen LogP contribution in [-0.2, 0) is 27.2 Å². The summed E-state index contributed by atoms with van der Waals surface area (Å²) in [6, 6.07) is 15.8. The Morgan fingerprint density at radius 3 is 1.77 bits per heavy atom. The molecule has 0 heterocycles. The van der Waals surface area contributed by atoms with E-state index in [9.17, 15) is 19.5 Å². The highest BCUT2D eigenvalue weighted by atomic mass is 16.4. The van der Waals surface area contributed by atoms with E-state index in [1.807, 2.05) is 74.5 Å². The minimum atomic E-state index is -1.10. The quantitative estimate of drug-likeness (QED) is 0.438. The molecule has 0 bridgehead atoms. The third-order valence-corrected chi connectivity index (χ3v) is 4.87. The number of aliphatic carboxylic acids is 1. The molecule has 0 aliphatic heterocycles. The maximum absolute atomic E-state index is 12.9. The Hall–Kier alpha value is -3.19. The zero-order valence-corrected chi connectivity index (χ0v) is 18.0. The molecule has 3 atom stereocenters. The van der Waals surface area contributed by atoms with Gasteiger partial charge >= 0.3 is 5.97 Å². The van der Waals surface area contributed by atoms with Gasteiger partial charge in [-0.2, -0.15) is 0 Å². The summed E-state index contributed by atoms with van der Waals surface area (Å²) in [4.78, 5) is 37.2. The molecule has 2 amide bonds. The van der Waals surface area contributed by atoms with E-state index in [0.717, 1.165) is 11.1 Å². The first kappa shape index (κ1) is 24.1. The Labute approximate surface area is 183 Å². The number of benzene rings is 2. The maximum Gasteiger partial charge on any atom is 0.326 e. The van der Waals surface area contributed by atoms with Gasteiger partial charge in [0, 0.05) is 6.42 Å². The van der Waals surface area contributed by atoms with Crippen molar-refractivity contribution in [2.24, 2.45) is 11.7 Å². The molecule has 31 heavy (non-hydrogen) atoms. The van der Waals surface area contributed by atoms with Crippen molar-refractivity contribution in [3.8, 4) is 0 Å². The molecule has 0 aliphatic rings. The van der Waals surface area contributed by atoms with Gasteiger partial charge < -0.3 is 21.5 Å². The first-order chi connectivity index (χ1) is 14.8. The van der Waals surface area contributed by atoms with Gasteiger partial charge in [0.1, 0.15) is 12.1 Å². The second kappa shape index (κ2) is 11.9. The van der Waals surface area contributed by atoms with Crippen LogP contribution < -0.4 is 16.4 Å². The number of carbonyl (C=O) groups is 3. The molecular formula is C24H31N3O4. The fraction of sp³-hybridized carbons (Fsp3) is 0.375. The van der Waals surface area contributed by atoms with Crippen molar-refractivity contribution >= 4 is 17.8 Å². The van der Waals surface area contributed by atoms with Gasteiger partial charge in [0.15, 0.2) is 0 Å². The summed E-state index contributed by atoms with van der Waals surface area (Å²) in [6.07, 6.45) is 0.850. The topological polar surface area (TPSA) is 122 Å². The SMILES string of the molecule is CC(C)CC(NC(=O)[C@H](Cc1ccccc1)NC(=O)C(N)Cc1ccccc1)C(=O)O. The maximum atomic E-state index is 12.9. The second-order valence-corrected chi connectivity index (χ2v) is 8.08. The molecule has 5 N–H and O–H groups in total. The van der Waals surface area contributed by atoms with E-state index in [4.69, 9.17) is 5.73 Å². The second-order valence-electron chi connectivity index (χ2n) is 8.08. The number of hydrogen-bond donors (Lipinski definition) is 4. The van der Waals surface area contributed by atoms with Gasteiger partial charge in [-0.1, -0.05) is 74.5 Å². The number of nitrogens with one attached hydrogen (secondary N) is 2. The molecule has 7 heteroatoms. The van der Waals surface area contributed by atoms with Crippen LogP contribution in [0.25, 0.3) is 0 Å². The molecule has 0 radical (unpaired) electrons. The molecule has 2 aromatic rings. The average Bonchev–Trinajstić information content (AvgIpc) is 2.73. The normalized spacial score (nSPS) is 13.8. The standard InChI is InChI=1S/C24H31N3O4/c1-16(2)13-21(24(30)31)27-23(29)20(15-18-11-7-4-8-12-18)26-22(28)19(25)14-17-9-5-3-6-10-17/h3-12,16,19-21H,13-15,25H2,1-2H3,(H,26,28)(H,27,29)(H,30,31)/t19?,20-,21?/m0/s1. The summed E-state index contributed by atoms with van der Waals surface area (Å²) in [7, 11) is 0. The Kier molecular flexibility index (Phi) is 9.21. The van der Waals surface area contributed by atoms with Crippen molar-refractivity contribution in [1.82, 2.24) is 10.6 Å². The summed E-state index contributed by atoms with van der Waals surface area (Å²) in [6.45, 7) is 3.77. The van der Waals surface area contributed by atoms with Crippen LogP contribution in [0.15, 0.2) is 60.7 Å². The van der Waals surface area contributed by atoms with Gasteiger partial charge in [0.2, 0.25) is 11.8 Å². The molecule has 0 saturated heterocycles. The summed E-state index contributed by atoms with van der Waals surface area (Å²) in [5.41, 5.74) is 7.83. The van der Waals surface area contributed by atoms with Gasteiger partial charge in [-0.25, -0.2) is 4.79 Å². The van der Waals surface area contributed by atoms with Crippen molar-refractivity contribution in [2.75, 3.05) is 0 Å². The van der Waals surface area contributed by atoms with Crippen molar-refractivity contribution < 1.29 is 19.5 Å². The van der Waals surface area contributed by atoms with Crippen molar-refractivity contribution in [1.29, 1.82) is 0 Å². The first-order valence-electron chi connectivity index (χ1n) is 10.4. The lowest BCUT2D eigenvalue weighted by atomic mass is 10.0. The van der Waals surface area contributed by atoms with Crippen LogP contribution >= 0.6 is 0 Å². The van der Waals surface area contributed by atoms with Gasteiger partial charge in [0.05, 0.1) is 6.04 Å². The molecule has 2 rings (SSSR count). The van der Waals surface area contributed by atoms with Gasteiger partial charge in [-0.3, -0.25) is 9.59 Å². The third kappa shape index (κ3) is 8.22. The van der Waals surface area contributed by atoms with Gasteiger partial charge in [0.25, 0.3) is 0 Å². The Morgan fingerprint density at radius 1 is 0.806 bits per heavy atom. The van der Waals surface area contributed by atoms with Gasteiger partial charge in [-0.05, 0) is 29.9 Å². The van der Waals surface area contributed by atoms with Crippen molar-refractivity contribution in [2.45, 2.75) is 51.2 Å². The molecule has 0 fully saturated rings. The predicted molar refractivity (Wildman–Crippen MR) is 119 cm³/mol. The number of amides is 2. The van der Waals surface area contributed by atoms with E-state index < -0.39 is 35.9 Å². The molecule has 2 unspecified atom stereocenters. The minimum absolute atomic E-state index is 0.0860. The lowest BCUT2D eigenvalue weighted by Gasteiger charge is -2.24. The molecule has 0 saturated carbocycles. The third-order valence-electron chi connectivity index (χ3n) is 4.87. The fourth-order valence-electron chi connectivity index (χ4n) is 3.26.